The largest absolute Gasteiger partial charge is 0.266 e. The van der Waals surface area contributed by atoms with Crippen molar-refractivity contribution in [3.05, 3.63) is 30.4 Å². The zero-order valence-corrected chi connectivity index (χ0v) is 13.5. The number of hydrogen-bond acceptors (Lipinski definition) is 5. The predicted octanol–water partition coefficient (Wildman–Crippen LogP) is 0.701. The summed E-state index contributed by atoms with van der Waals surface area (Å²) in [6, 6.07) is 1.90. The molecule has 1 aliphatic rings. The van der Waals surface area contributed by atoms with Gasteiger partial charge in [-0.05, 0) is 24.8 Å². The molecule has 0 bridgehead atoms. The molecule has 3 heterocycles. The quantitative estimate of drug-likeness (QED) is 0.828. The molecule has 0 aromatic carbocycles. The van der Waals surface area contributed by atoms with Crippen molar-refractivity contribution >= 4 is 10.0 Å². The predicted molar refractivity (Wildman–Crippen MR) is 82.5 cm³/mol. The molecule has 3 rings (SSSR count). The summed E-state index contributed by atoms with van der Waals surface area (Å²) in [4.78, 5) is 8.89. The van der Waals surface area contributed by atoms with Crippen LogP contribution in [0.3, 0.4) is 0 Å². The minimum atomic E-state index is -3.09. The Morgan fingerprint density at radius 2 is 2.18 bits per heavy atom. The van der Waals surface area contributed by atoms with Gasteiger partial charge in [-0.25, -0.2) is 17.7 Å². The van der Waals surface area contributed by atoms with Crippen molar-refractivity contribution < 1.29 is 8.42 Å². The molecule has 0 saturated carbocycles. The van der Waals surface area contributed by atoms with E-state index < -0.39 is 10.0 Å². The first-order chi connectivity index (χ1) is 10.4. The third-order valence-electron chi connectivity index (χ3n) is 3.98. The Morgan fingerprint density at radius 1 is 1.36 bits per heavy atom. The van der Waals surface area contributed by atoms with Gasteiger partial charge < -0.3 is 0 Å². The number of rotatable bonds is 4. The maximum absolute atomic E-state index is 11.6. The zero-order valence-electron chi connectivity index (χ0n) is 12.7. The number of nitrogens with zero attached hydrogens (tertiary/aromatic N) is 5. The summed E-state index contributed by atoms with van der Waals surface area (Å²) >= 11 is 0. The van der Waals surface area contributed by atoms with Crippen molar-refractivity contribution in [3.8, 4) is 11.4 Å². The maximum Gasteiger partial charge on any atom is 0.211 e. The number of aryl methyl sites for hydroxylation is 1. The van der Waals surface area contributed by atoms with Crippen LogP contribution in [0, 0.1) is 5.92 Å². The van der Waals surface area contributed by atoms with Gasteiger partial charge in [0.2, 0.25) is 10.0 Å². The van der Waals surface area contributed by atoms with Crippen LogP contribution < -0.4 is 0 Å². The maximum atomic E-state index is 11.6. The summed E-state index contributed by atoms with van der Waals surface area (Å²) in [5.41, 5.74) is 2.59. The smallest absolute Gasteiger partial charge is 0.211 e. The second-order valence-corrected chi connectivity index (χ2v) is 7.70. The molecule has 2 aromatic rings. The van der Waals surface area contributed by atoms with E-state index in [0.29, 0.717) is 19.0 Å². The first kappa shape index (κ1) is 15.1. The highest BCUT2D eigenvalue weighted by molar-refractivity contribution is 7.88. The minimum absolute atomic E-state index is 0.297. The lowest BCUT2D eigenvalue weighted by Gasteiger charge is -2.13. The van der Waals surface area contributed by atoms with Crippen LogP contribution >= 0.6 is 0 Å². The molecule has 2 aromatic heterocycles. The molecule has 1 aliphatic heterocycles. The van der Waals surface area contributed by atoms with Gasteiger partial charge in [0.1, 0.15) is 5.69 Å². The Bertz CT molecular complexity index is 771. The second kappa shape index (κ2) is 5.77. The van der Waals surface area contributed by atoms with Gasteiger partial charge in [0.05, 0.1) is 23.8 Å². The normalized spacial score (nSPS) is 19.6. The fourth-order valence-corrected chi connectivity index (χ4v) is 3.73. The molecule has 1 saturated heterocycles. The monoisotopic (exact) mass is 321 g/mol. The molecule has 0 aliphatic carbocycles. The van der Waals surface area contributed by atoms with Gasteiger partial charge in [-0.3, -0.25) is 9.67 Å². The molecule has 0 unspecified atom stereocenters. The van der Waals surface area contributed by atoms with E-state index in [0.717, 1.165) is 29.9 Å². The summed E-state index contributed by atoms with van der Waals surface area (Å²) in [5, 5.41) is 4.14. The van der Waals surface area contributed by atoms with E-state index in [1.807, 2.05) is 13.1 Å². The van der Waals surface area contributed by atoms with Crippen molar-refractivity contribution in [1.82, 2.24) is 24.1 Å². The highest BCUT2D eigenvalue weighted by Gasteiger charge is 2.28. The molecule has 118 valence electrons. The fourth-order valence-electron chi connectivity index (χ4n) is 2.81. The van der Waals surface area contributed by atoms with E-state index in [2.05, 4.69) is 15.1 Å². The lowest BCUT2D eigenvalue weighted by atomic mass is 10.0. The minimum Gasteiger partial charge on any atom is -0.266 e. The second-order valence-electron chi connectivity index (χ2n) is 5.72. The Labute approximate surface area is 130 Å². The van der Waals surface area contributed by atoms with E-state index in [4.69, 9.17) is 0 Å². The highest BCUT2D eigenvalue weighted by atomic mass is 32.2. The van der Waals surface area contributed by atoms with Crippen LogP contribution in [0.25, 0.3) is 11.4 Å². The van der Waals surface area contributed by atoms with E-state index in [9.17, 15) is 8.42 Å². The first-order valence-electron chi connectivity index (χ1n) is 7.18. The van der Waals surface area contributed by atoms with Gasteiger partial charge in [-0.2, -0.15) is 5.10 Å². The number of sulfonamides is 1. The van der Waals surface area contributed by atoms with Crippen LogP contribution in [0.4, 0.5) is 0 Å². The molecule has 1 fully saturated rings. The summed E-state index contributed by atoms with van der Waals surface area (Å²) in [5.74, 6) is 0.297. The average molecular weight is 321 g/mol. The topological polar surface area (TPSA) is 81.0 Å². The fraction of sp³-hybridized carbons (Fsp3) is 0.500. The van der Waals surface area contributed by atoms with Crippen LogP contribution in [0.1, 0.15) is 12.1 Å². The lowest BCUT2D eigenvalue weighted by Crippen LogP contribution is -2.27. The molecule has 22 heavy (non-hydrogen) atoms. The van der Waals surface area contributed by atoms with E-state index in [-0.39, 0.29) is 0 Å². The highest BCUT2D eigenvalue weighted by Crippen LogP contribution is 2.23. The van der Waals surface area contributed by atoms with Crippen LogP contribution in [0.15, 0.2) is 24.7 Å². The Morgan fingerprint density at radius 3 is 2.82 bits per heavy atom. The van der Waals surface area contributed by atoms with Gasteiger partial charge in [0.15, 0.2) is 0 Å². The van der Waals surface area contributed by atoms with E-state index >= 15 is 0 Å². The summed E-state index contributed by atoms with van der Waals surface area (Å²) in [6.07, 6.45) is 8.07. The molecular weight excluding hydrogens is 302 g/mol. The van der Waals surface area contributed by atoms with Crippen molar-refractivity contribution in [1.29, 1.82) is 0 Å². The van der Waals surface area contributed by atoms with Gasteiger partial charge in [0.25, 0.3) is 0 Å². The van der Waals surface area contributed by atoms with Gasteiger partial charge in [-0.15, -0.1) is 0 Å². The van der Waals surface area contributed by atoms with Crippen LogP contribution in [-0.4, -0.2) is 51.8 Å². The molecule has 8 heteroatoms. The van der Waals surface area contributed by atoms with Crippen molar-refractivity contribution in [2.45, 2.75) is 12.8 Å². The van der Waals surface area contributed by atoms with Crippen LogP contribution in [0.5, 0.6) is 0 Å². The van der Waals surface area contributed by atoms with Crippen molar-refractivity contribution in [2.75, 3.05) is 19.3 Å². The van der Waals surface area contributed by atoms with Crippen LogP contribution in [-0.2, 0) is 23.5 Å². The van der Waals surface area contributed by atoms with Gasteiger partial charge >= 0.3 is 0 Å². The summed E-state index contributed by atoms with van der Waals surface area (Å²) < 4.78 is 26.4. The number of aromatic nitrogens is 4. The van der Waals surface area contributed by atoms with E-state index in [1.54, 1.807) is 23.3 Å². The average Bonchev–Trinajstić information content (AvgIpc) is 3.07. The molecule has 0 N–H and O–H groups in total. The van der Waals surface area contributed by atoms with E-state index in [1.165, 1.54) is 10.6 Å². The summed E-state index contributed by atoms with van der Waals surface area (Å²) in [6.45, 7) is 1.16. The summed E-state index contributed by atoms with van der Waals surface area (Å²) in [7, 11) is -1.23. The van der Waals surface area contributed by atoms with Gasteiger partial charge in [-0.1, -0.05) is 0 Å². The molecule has 0 radical (unpaired) electrons. The third-order valence-corrected chi connectivity index (χ3v) is 5.25. The molecular formula is C14H19N5O2S. The SMILES string of the molecule is Cn1nccc1-c1cncc(C[C@@H]2CCN(S(C)(=O)=O)C2)n1. The molecule has 7 nitrogen and oxygen atoms in total. The third kappa shape index (κ3) is 3.17. The lowest BCUT2D eigenvalue weighted by molar-refractivity contribution is 0.459. The number of hydrogen-bond donors (Lipinski definition) is 0. The van der Waals surface area contributed by atoms with Crippen molar-refractivity contribution in [3.63, 3.8) is 0 Å². The van der Waals surface area contributed by atoms with Crippen LogP contribution in [0.2, 0.25) is 0 Å². The first-order valence-corrected chi connectivity index (χ1v) is 9.03. The van der Waals surface area contributed by atoms with Crippen molar-refractivity contribution in [2.24, 2.45) is 13.0 Å². The Kier molecular flexibility index (Phi) is 3.96. The standard InChI is InChI=1S/C14H19N5O2S/c1-18-14(3-5-16-18)13-9-15-8-12(17-13)7-11-4-6-19(10-11)22(2,20)21/h3,5,8-9,11H,4,6-7,10H2,1-2H3/t11-/m0/s1. The molecule has 1 atom stereocenters. The Balaban J connectivity index is 1.73. The molecule has 0 spiro atoms. The molecule has 0 amide bonds. The zero-order chi connectivity index (χ0) is 15.7. The van der Waals surface area contributed by atoms with Gasteiger partial charge in [0, 0.05) is 32.5 Å². The Hall–Kier alpha value is -1.80.